The molecule has 0 aromatic rings. The number of hydrogen-bond acceptors (Lipinski definition) is 12. The normalized spacial score (nSPS) is 25.2. The van der Waals surface area contributed by atoms with E-state index in [1.54, 1.807) is 0 Å². The number of carbonyl (C=O) groups is 8. The number of rotatable bonds is 20. The van der Waals surface area contributed by atoms with Gasteiger partial charge in [0.1, 0.15) is 23.1 Å². The fourth-order valence-electron chi connectivity index (χ4n) is 9.01. The molecule has 64 heavy (non-hydrogen) atoms. The molecule has 4 fully saturated rings. The molecule has 0 unspecified atom stereocenters. The molecule has 360 valence electrons. The highest BCUT2D eigenvalue weighted by molar-refractivity contribution is 5.86. The van der Waals surface area contributed by atoms with E-state index >= 15 is 0 Å². The zero-order valence-electron chi connectivity index (χ0n) is 40.3. The van der Waals surface area contributed by atoms with Crippen molar-refractivity contribution in [1.29, 1.82) is 0 Å². The number of Topliss-reactive ketones (excluding diaryl/α,β-unsaturated/α-hetero) is 4. The third kappa shape index (κ3) is 21.9. The van der Waals surface area contributed by atoms with Crippen molar-refractivity contribution in [1.82, 2.24) is 0 Å². The van der Waals surface area contributed by atoms with E-state index in [1.807, 2.05) is 0 Å². The van der Waals surface area contributed by atoms with Gasteiger partial charge < -0.3 is 18.9 Å². The van der Waals surface area contributed by atoms with E-state index < -0.39 is 0 Å². The van der Waals surface area contributed by atoms with Crippen LogP contribution in [0.1, 0.15) is 156 Å². The maximum atomic E-state index is 11.7. The van der Waals surface area contributed by atoms with Crippen molar-refractivity contribution >= 4 is 47.0 Å². The van der Waals surface area contributed by atoms with Crippen LogP contribution < -0.4 is 0 Å². The number of ketones is 4. The van der Waals surface area contributed by atoms with Gasteiger partial charge in [0.15, 0.2) is 0 Å². The van der Waals surface area contributed by atoms with Gasteiger partial charge in [-0.1, -0.05) is 76.3 Å². The van der Waals surface area contributed by atoms with Crippen LogP contribution in [0, 0.1) is 47.3 Å². The van der Waals surface area contributed by atoms with Crippen molar-refractivity contribution in [2.45, 2.75) is 156 Å². The summed E-state index contributed by atoms with van der Waals surface area (Å²) in [7, 11) is 5.58. The number of carbonyl (C=O) groups excluding carboxylic acids is 8. The summed E-state index contributed by atoms with van der Waals surface area (Å²) < 4.78 is 18.6. The molecule has 0 saturated heterocycles. The van der Waals surface area contributed by atoms with Crippen LogP contribution in [0.3, 0.4) is 0 Å². The van der Waals surface area contributed by atoms with Gasteiger partial charge >= 0.3 is 23.9 Å². The summed E-state index contributed by atoms with van der Waals surface area (Å²) in [6.45, 7) is 8.27. The summed E-state index contributed by atoms with van der Waals surface area (Å²) >= 11 is 0. The van der Waals surface area contributed by atoms with E-state index in [2.05, 4.69) is 95.3 Å². The third-order valence-corrected chi connectivity index (χ3v) is 12.8. The van der Waals surface area contributed by atoms with Crippen LogP contribution in [-0.2, 0) is 57.3 Å². The van der Waals surface area contributed by atoms with E-state index in [1.165, 1.54) is 28.4 Å². The first-order chi connectivity index (χ1) is 30.7. The predicted octanol–water partition coefficient (Wildman–Crippen LogP) is 10.0. The number of ether oxygens (including phenoxy) is 4. The molecule has 0 N–H and O–H groups in total. The monoisotopic (exact) mass is 897 g/mol. The summed E-state index contributed by atoms with van der Waals surface area (Å²) in [5, 5.41) is 0. The summed E-state index contributed by atoms with van der Waals surface area (Å²) in [5.74, 6) is 1.23. The molecule has 8 atom stereocenters. The molecular weight excluding hydrogens is 817 g/mol. The van der Waals surface area contributed by atoms with Gasteiger partial charge in [-0.25, -0.2) is 0 Å². The number of allylic oxidation sites excluding steroid dienone is 8. The van der Waals surface area contributed by atoms with Crippen molar-refractivity contribution in [3.05, 3.63) is 48.6 Å². The average Bonchev–Trinajstić information content (AvgIpc) is 4.04. The Hall–Kier alpha value is -4.48. The molecule has 4 aliphatic carbocycles. The average molecular weight is 897 g/mol. The van der Waals surface area contributed by atoms with E-state index in [0.717, 1.165) is 77.0 Å². The molecular formula is C52H80O12. The molecule has 12 nitrogen and oxygen atoms in total. The Morgan fingerprint density at radius 3 is 0.719 bits per heavy atom. The smallest absolute Gasteiger partial charge is 0.305 e. The van der Waals surface area contributed by atoms with E-state index in [0.29, 0.717) is 74.5 Å². The molecule has 0 aromatic heterocycles. The Bertz CT molecular complexity index is 1360. The Kier molecular flexibility index (Phi) is 30.5. The Labute approximate surface area is 383 Å². The van der Waals surface area contributed by atoms with Crippen molar-refractivity contribution < 1.29 is 57.3 Å². The van der Waals surface area contributed by atoms with Crippen LogP contribution in [0.5, 0.6) is 0 Å². The second-order valence-corrected chi connectivity index (χ2v) is 17.1. The molecule has 0 spiro atoms. The molecule has 12 heteroatoms. The maximum Gasteiger partial charge on any atom is 0.305 e. The Balaban J connectivity index is 0.000000427. The first-order valence-corrected chi connectivity index (χ1v) is 23.7. The topological polar surface area (TPSA) is 173 Å². The second kappa shape index (κ2) is 33.9. The molecule has 0 aliphatic heterocycles. The second-order valence-electron chi connectivity index (χ2n) is 17.1. The minimum Gasteiger partial charge on any atom is -0.469 e. The molecule has 4 saturated carbocycles. The van der Waals surface area contributed by atoms with Gasteiger partial charge in [-0.3, -0.25) is 38.4 Å². The van der Waals surface area contributed by atoms with Crippen LogP contribution >= 0.6 is 0 Å². The third-order valence-electron chi connectivity index (χ3n) is 12.8. The summed E-state index contributed by atoms with van der Waals surface area (Å²) in [4.78, 5) is 91.4. The molecule has 0 aromatic carbocycles. The first-order valence-electron chi connectivity index (χ1n) is 23.7. The van der Waals surface area contributed by atoms with Crippen LogP contribution in [0.15, 0.2) is 48.6 Å². The van der Waals surface area contributed by atoms with E-state index in [4.69, 9.17) is 0 Å². The van der Waals surface area contributed by atoms with Crippen LogP contribution in [0.2, 0.25) is 0 Å². The summed E-state index contributed by atoms with van der Waals surface area (Å²) in [6, 6.07) is 0. The highest BCUT2D eigenvalue weighted by atomic mass is 16.5. The number of methoxy groups -OCH3 is 4. The van der Waals surface area contributed by atoms with Gasteiger partial charge in [-0.15, -0.1) is 0 Å². The highest BCUT2D eigenvalue weighted by Crippen LogP contribution is 2.37. The lowest BCUT2D eigenvalue weighted by Gasteiger charge is -2.15. The first kappa shape index (κ1) is 57.5. The lowest BCUT2D eigenvalue weighted by atomic mass is 9.89. The van der Waals surface area contributed by atoms with Gasteiger partial charge in [0.25, 0.3) is 0 Å². The van der Waals surface area contributed by atoms with Crippen LogP contribution in [0.25, 0.3) is 0 Å². The van der Waals surface area contributed by atoms with Gasteiger partial charge in [-0.2, -0.15) is 0 Å². The fourth-order valence-corrected chi connectivity index (χ4v) is 9.01. The maximum absolute atomic E-state index is 11.7. The minimum absolute atomic E-state index is 0.0295. The van der Waals surface area contributed by atoms with Gasteiger partial charge in [0.05, 0.1) is 28.4 Å². The molecule has 4 rings (SSSR count). The molecule has 0 heterocycles. The molecule has 4 aliphatic rings. The lowest BCUT2D eigenvalue weighted by Crippen LogP contribution is -2.18. The van der Waals surface area contributed by atoms with Crippen LogP contribution in [-0.4, -0.2) is 75.4 Å². The molecule has 0 bridgehead atoms. The van der Waals surface area contributed by atoms with Gasteiger partial charge in [-0.05, 0) is 101 Å². The number of hydrogen-bond donors (Lipinski definition) is 0. The fraction of sp³-hybridized carbons (Fsp3) is 0.692. The largest absolute Gasteiger partial charge is 0.469 e. The Morgan fingerprint density at radius 1 is 0.375 bits per heavy atom. The van der Waals surface area contributed by atoms with Crippen molar-refractivity contribution in [2.75, 3.05) is 28.4 Å². The van der Waals surface area contributed by atoms with Crippen molar-refractivity contribution in [2.24, 2.45) is 47.3 Å². The van der Waals surface area contributed by atoms with E-state index in [9.17, 15) is 38.4 Å². The van der Waals surface area contributed by atoms with Crippen molar-refractivity contribution in [3.8, 4) is 0 Å². The van der Waals surface area contributed by atoms with Gasteiger partial charge in [0.2, 0.25) is 0 Å². The highest BCUT2D eigenvalue weighted by Gasteiger charge is 2.37. The summed E-state index contributed by atoms with van der Waals surface area (Å²) in [6.07, 6.45) is 30.9. The van der Waals surface area contributed by atoms with E-state index in [-0.39, 0.29) is 71.2 Å². The minimum atomic E-state index is -0.204. The van der Waals surface area contributed by atoms with Crippen LogP contribution in [0.4, 0.5) is 0 Å². The summed E-state index contributed by atoms with van der Waals surface area (Å²) in [5.41, 5.74) is 0. The molecule has 0 amide bonds. The van der Waals surface area contributed by atoms with Gasteiger partial charge in [0, 0.05) is 75.0 Å². The molecule has 0 radical (unpaired) electrons. The quantitative estimate of drug-likeness (QED) is 0.0644. The lowest BCUT2D eigenvalue weighted by molar-refractivity contribution is -0.143. The standard InChI is InChI=1S/4C13H20O3/c4*1-3-4-5-6-11-10(7-8-12(11)14)9-13(15)16-2/h4*4-5,10-11H,3,6-9H2,1-2H3/b2*5-4+;2*5-4-/t10-,11+;10-,11-;10-,11+;10-,11-/m0000/s1. The van der Waals surface area contributed by atoms with Crippen molar-refractivity contribution in [3.63, 3.8) is 0 Å². The Morgan fingerprint density at radius 2 is 0.562 bits per heavy atom. The SMILES string of the molecule is CC/C=C/C[C@@H]1C(=O)CC[C@H]1CC(=O)OC.CC/C=C/C[C@H]1C(=O)CC[C@H]1CC(=O)OC.CC/C=C\C[C@@H]1C(=O)CC[C@H]1CC(=O)OC.CC/C=C\C[C@H]1C(=O)CC[C@H]1CC(=O)OC. The number of esters is 4. The zero-order valence-corrected chi connectivity index (χ0v) is 40.3. The predicted molar refractivity (Wildman–Crippen MR) is 248 cm³/mol. The zero-order chi connectivity index (χ0) is 47.9.